The summed E-state index contributed by atoms with van der Waals surface area (Å²) in [6, 6.07) is 7.89. The standard InChI is InChI=1S/C16H21N3O/c17-7-5-12-2-1-9-19(11-12)16(20)14-4-3-13-6-8-18-15(13)10-14/h3-4,6,8,10,12,18H,1-2,5,7,9,11,17H2. The number of benzene rings is 1. The van der Waals surface area contributed by atoms with Crippen LogP contribution in [0.5, 0.6) is 0 Å². The van der Waals surface area contributed by atoms with Crippen molar-refractivity contribution < 1.29 is 4.79 Å². The van der Waals surface area contributed by atoms with E-state index in [-0.39, 0.29) is 5.91 Å². The lowest BCUT2D eigenvalue weighted by atomic mass is 9.94. The van der Waals surface area contributed by atoms with Gasteiger partial charge in [-0.05, 0) is 55.3 Å². The Kier molecular flexibility index (Phi) is 3.74. The lowest BCUT2D eigenvalue weighted by Gasteiger charge is -2.32. The molecule has 1 atom stereocenters. The van der Waals surface area contributed by atoms with Gasteiger partial charge in [0.05, 0.1) is 0 Å². The van der Waals surface area contributed by atoms with E-state index in [2.05, 4.69) is 4.98 Å². The van der Waals surface area contributed by atoms with E-state index in [0.29, 0.717) is 12.5 Å². The third kappa shape index (κ3) is 2.56. The first kappa shape index (κ1) is 13.2. The van der Waals surface area contributed by atoms with Crippen LogP contribution in [0.15, 0.2) is 30.5 Å². The second-order valence-corrected chi connectivity index (χ2v) is 5.62. The van der Waals surface area contributed by atoms with Crippen LogP contribution in [0, 0.1) is 5.92 Å². The molecule has 0 aliphatic carbocycles. The van der Waals surface area contributed by atoms with Gasteiger partial charge in [0.25, 0.3) is 5.91 Å². The highest BCUT2D eigenvalue weighted by molar-refractivity contribution is 5.98. The summed E-state index contributed by atoms with van der Waals surface area (Å²) < 4.78 is 0. The average Bonchev–Trinajstić information content (AvgIpc) is 2.94. The Morgan fingerprint density at radius 3 is 3.15 bits per heavy atom. The lowest BCUT2D eigenvalue weighted by molar-refractivity contribution is 0.0669. The van der Waals surface area contributed by atoms with Crippen LogP contribution >= 0.6 is 0 Å². The molecule has 2 aromatic rings. The normalized spacial score (nSPS) is 19.4. The van der Waals surface area contributed by atoms with E-state index in [4.69, 9.17) is 5.73 Å². The topological polar surface area (TPSA) is 62.1 Å². The molecule has 106 valence electrons. The highest BCUT2D eigenvalue weighted by Gasteiger charge is 2.24. The molecule has 3 N–H and O–H groups in total. The Balaban J connectivity index is 1.77. The molecule has 3 rings (SSSR count). The zero-order valence-electron chi connectivity index (χ0n) is 11.6. The quantitative estimate of drug-likeness (QED) is 0.900. The van der Waals surface area contributed by atoms with E-state index < -0.39 is 0 Å². The van der Waals surface area contributed by atoms with Crippen LogP contribution in [0.4, 0.5) is 0 Å². The van der Waals surface area contributed by atoms with Crippen LogP contribution < -0.4 is 5.73 Å². The van der Waals surface area contributed by atoms with Crippen molar-refractivity contribution in [1.82, 2.24) is 9.88 Å². The lowest BCUT2D eigenvalue weighted by Crippen LogP contribution is -2.40. The number of nitrogens with zero attached hydrogens (tertiary/aromatic N) is 1. The number of fused-ring (bicyclic) bond motifs is 1. The molecule has 0 spiro atoms. The van der Waals surface area contributed by atoms with Gasteiger partial charge < -0.3 is 15.6 Å². The van der Waals surface area contributed by atoms with Crippen LogP contribution in [0.25, 0.3) is 10.9 Å². The van der Waals surface area contributed by atoms with Crippen molar-refractivity contribution in [3.63, 3.8) is 0 Å². The second kappa shape index (κ2) is 5.67. The van der Waals surface area contributed by atoms with Crippen molar-refractivity contribution >= 4 is 16.8 Å². The van der Waals surface area contributed by atoms with E-state index in [9.17, 15) is 4.79 Å². The number of amides is 1. The first-order valence-corrected chi connectivity index (χ1v) is 7.34. The maximum absolute atomic E-state index is 12.6. The molecule has 1 aliphatic heterocycles. The van der Waals surface area contributed by atoms with Crippen LogP contribution in [0.2, 0.25) is 0 Å². The Bertz CT molecular complexity index is 603. The predicted molar refractivity (Wildman–Crippen MR) is 80.6 cm³/mol. The van der Waals surface area contributed by atoms with Crippen molar-refractivity contribution in [2.24, 2.45) is 11.7 Å². The van der Waals surface area contributed by atoms with Crippen molar-refractivity contribution in [1.29, 1.82) is 0 Å². The van der Waals surface area contributed by atoms with Gasteiger partial charge in [-0.1, -0.05) is 6.07 Å². The Morgan fingerprint density at radius 1 is 1.40 bits per heavy atom. The van der Waals surface area contributed by atoms with Crippen molar-refractivity contribution in [3.8, 4) is 0 Å². The van der Waals surface area contributed by atoms with Gasteiger partial charge in [0, 0.05) is 30.4 Å². The van der Waals surface area contributed by atoms with Gasteiger partial charge in [-0.25, -0.2) is 0 Å². The Morgan fingerprint density at radius 2 is 2.30 bits per heavy atom. The molecule has 2 heterocycles. The van der Waals surface area contributed by atoms with E-state index >= 15 is 0 Å². The zero-order valence-corrected chi connectivity index (χ0v) is 11.6. The highest BCUT2D eigenvalue weighted by Crippen LogP contribution is 2.22. The molecular formula is C16H21N3O. The number of aromatic nitrogens is 1. The summed E-state index contributed by atoms with van der Waals surface area (Å²) in [7, 11) is 0. The largest absolute Gasteiger partial charge is 0.361 e. The van der Waals surface area contributed by atoms with Crippen molar-refractivity contribution in [3.05, 3.63) is 36.0 Å². The molecular weight excluding hydrogens is 250 g/mol. The summed E-state index contributed by atoms with van der Waals surface area (Å²) in [5, 5.41) is 1.14. The molecule has 1 aromatic heterocycles. The van der Waals surface area contributed by atoms with E-state index in [1.807, 2.05) is 35.4 Å². The van der Waals surface area contributed by atoms with Crippen molar-refractivity contribution in [2.75, 3.05) is 19.6 Å². The van der Waals surface area contributed by atoms with Gasteiger partial charge in [-0.2, -0.15) is 0 Å². The molecule has 20 heavy (non-hydrogen) atoms. The SMILES string of the molecule is NCCC1CCCN(C(=O)c2ccc3cc[nH]c3c2)C1. The van der Waals surface area contributed by atoms with Gasteiger partial charge in [0.1, 0.15) is 0 Å². The monoisotopic (exact) mass is 271 g/mol. The van der Waals surface area contributed by atoms with Gasteiger partial charge in [0.15, 0.2) is 0 Å². The summed E-state index contributed by atoms with van der Waals surface area (Å²) in [6.45, 7) is 2.42. The fraction of sp³-hybridized carbons (Fsp3) is 0.438. The van der Waals surface area contributed by atoms with Gasteiger partial charge in [-0.15, -0.1) is 0 Å². The Labute approximate surface area is 118 Å². The first-order chi connectivity index (χ1) is 9.78. The number of carbonyl (C=O) groups excluding carboxylic acids is 1. The number of hydrogen-bond donors (Lipinski definition) is 2. The predicted octanol–water partition coefficient (Wildman–Crippen LogP) is 2.37. The number of H-pyrrole nitrogens is 1. The molecule has 4 nitrogen and oxygen atoms in total. The second-order valence-electron chi connectivity index (χ2n) is 5.62. The maximum atomic E-state index is 12.6. The van der Waals surface area contributed by atoms with Crippen LogP contribution in [-0.2, 0) is 0 Å². The number of aromatic amines is 1. The first-order valence-electron chi connectivity index (χ1n) is 7.34. The van der Waals surface area contributed by atoms with Crippen LogP contribution in [-0.4, -0.2) is 35.4 Å². The van der Waals surface area contributed by atoms with E-state index in [1.54, 1.807) is 0 Å². The van der Waals surface area contributed by atoms with Gasteiger partial charge in [0.2, 0.25) is 0 Å². The molecule has 1 amide bonds. The number of rotatable bonds is 3. The Hall–Kier alpha value is -1.81. The van der Waals surface area contributed by atoms with Gasteiger partial charge >= 0.3 is 0 Å². The third-order valence-electron chi connectivity index (χ3n) is 4.18. The minimum absolute atomic E-state index is 0.142. The fourth-order valence-electron chi connectivity index (χ4n) is 3.08. The smallest absolute Gasteiger partial charge is 0.253 e. The third-order valence-corrected chi connectivity index (χ3v) is 4.18. The van der Waals surface area contributed by atoms with Crippen LogP contribution in [0.3, 0.4) is 0 Å². The maximum Gasteiger partial charge on any atom is 0.253 e. The van der Waals surface area contributed by atoms with Crippen LogP contribution in [0.1, 0.15) is 29.6 Å². The molecule has 0 bridgehead atoms. The number of carbonyl (C=O) groups is 1. The number of nitrogens with two attached hydrogens (primary N) is 1. The summed E-state index contributed by atoms with van der Waals surface area (Å²) in [5.41, 5.74) is 7.43. The number of hydrogen-bond acceptors (Lipinski definition) is 2. The minimum Gasteiger partial charge on any atom is -0.361 e. The summed E-state index contributed by atoms with van der Waals surface area (Å²) in [5.74, 6) is 0.704. The molecule has 0 saturated carbocycles. The summed E-state index contributed by atoms with van der Waals surface area (Å²) in [6.07, 6.45) is 5.19. The number of likely N-dealkylation sites (tertiary alicyclic amines) is 1. The number of piperidine rings is 1. The minimum atomic E-state index is 0.142. The molecule has 1 aromatic carbocycles. The highest BCUT2D eigenvalue weighted by atomic mass is 16.2. The summed E-state index contributed by atoms with van der Waals surface area (Å²) >= 11 is 0. The summed E-state index contributed by atoms with van der Waals surface area (Å²) in [4.78, 5) is 17.7. The molecule has 1 saturated heterocycles. The fourth-order valence-corrected chi connectivity index (χ4v) is 3.08. The molecule has 0 radical (unpaired) electrons. The van der Waals surface area contributed by atoms with Crippen molar-refractivity contribution in [2.45, 2.75) is 19.3 Å². The molecule has 1 unspecified atom stereocenters. The molecule has 1 fully saturated rings. The molecule has 1 aliphatic rings. The zero-order chi connectivity index (χ0) is 13.9. The van der Waals surface area contributed by atoms with Gasteiger partial charge in [-0.3, -0.25) is 4.79 Å². The van der Waals surface area contributed by atoms with E-state index in [1.165, 1.54) is 6.42 Å². The number of nitrogens with one attached hydrogen (secondary N) is 1. The molecule has 4 heteroatoms. The average molecular weight is 271 g/mol. The van der Waals surface area contributed by atoms with E-state index in [0.717, 1.165) is 42.4 Å².